The number of carbonyl (C=O) groups excluding carboxylic acids is 1. The first-order valence-corrected chi connectivity index (χ1v) is 8.24. The van der Waals surface area contributed by atoms with Gasteiger partial charge in [0.25, 0.3) is 0 Å². The van der Waals surface area contributed by atoms with E-state index in [1.165, 1.54) is 37.5 Å². The third-order valence-electron chi connectivity index (χ3n) is 3.49. The highest BCUT2D eigenvalue weighted by atomic mass is 35.5. The highest BCUT2D eigenvalue weighted by Crippen LogP contribution is 2.31. The average molecular weight is 414 g/mol. The van der Waals surface area contributed by atoms with Gasteiger partial charge in [-0.05, 0) is 42.0 Å². The molecule has 2 aromatic carbocycles. The van der Waals surface area contributed by atoms with Crippen LogP contribution in [-0.4, -0.2) is 25.6 Å². The second-order valence-corrected chi connectivity index (χ2v) is 6.07. The fourth-order valence-electron chi connectivity index (χ4n) is 2.29. The molecule has 140 valence electrons. The lowest BCUT2D eigenvalue weighted by molar-refractivity contribution is -0.129. The Kier molecular flexibility index (Phi) is 5.62. The molecule has 3 rings (SSSR count). The molecule has 0 aromatic heterocycles. The minimum Gasteiger partial charge on any atom is -0.493 e. The highest BCUT2D eigenvalue weighted by molar-refractivity contribution is 6.42. The predicted molar refractivity (Wildman–Crippen MR) is 96.7 cm³/mol. The lowest BCUT2D eigenvalue weighted by Gasteiger charge is -2.10. The van der Waals surface area contributed by atoms with Crippen LogP contribution in [0, 0.1) is 0 Å². The van der Waals surface area contributed by atoms with E-state index >= 15 is 0 Å². The zero-order chi connectivity index (χ0) is 19.6. The molecule has 27 heavy (non-hydrogen) atoms. The Morgan fingerprint density at radius 2 is 1.89 bits per heavy atom. The Morgan fingerprint density at radius 3 is 2.56 bits per heavy atom. The van der Waals surface area contributed by atoms with E-state index in [4.69, 9.17) is 32.7 Å². The molecular formula is C18H11Cl2F2NO4. The molecule has 0 radical (unpaired) electrons. The molecule has 1 heterocycles. The number of benzene rings is 2. The Bertz CT molecular complexity index is 960. The summed E-state index contributed by atoms with van der Waals surface area (Å²) in [6, 6.07) is 8.92. The molecule has 9 heteroatoms. The zero-order valence-electron chi connectivity index (χ0n) is 13.7. The van der Waals surface area contributed by atoms with Crippen LogP contribution in [0.3, 0.4) is 0 Å². The van der Waals surface area contributed by atoms with Crippen molar-refractivity contribution < 1.29 is 27.8 Å². The van der Waals surface area contributed by atoms with Gasteiger partial charge in [-0.3, -0.25) is 0 Å². The average Bonchev–Trinajstić information content (AvgIpc) is 2.99. The molecule has 1 aliphatic heterocycles. The summed E-state index contributed by atoms with van der Waals surface area (Å²) in [5, 5.41) is 0.656. The molecule has 0 bridgehead atoms. The van der Waals surface area contributed by atoms with Crippen molar-refractivity contribution in [2.24, 2.45) is 4.99 Å². The van der Waals surface area contributed by atoms with E-state index in [0.717, 1.165) is 0 Å². The fraction of sp³-hybridized carbons (Fsp3) is 0.111. The van der Waals surface area contributed by atoms with E-state index in [-0.39, 0.29) is 23.1 Å². The first-order chi connectivity index (χ1) is 12.9. The number of rotatable bonds is 5. The van der Waals surface area contributed by atoms with Crippen molar-refractivity contribution in [1.29, 1.82) is 0 Å². The summed E-state index contributed by atoms with van der Waals surface area (Å²) in [4.78, 5) is 16.2. The zero-order valence-corrected chi connectivity index (χ0v) is 15.2. The molecule has 0 aliphatic carbocycles. The number of esters is 1. The minimum absolute atomic E-state index is 0.0284. The van der Waals surface area contributed by atoms with E-state index in [1.807, 2.05) is 0 Å². The van der Waals surface area contributed by atoms with Crippen LogP contribution in [0.5, 0.6) is 11.5 Å². The molecule has 0 atom stereocenters. The number of hydrogen-bond donors (Lipinski definition) is 0. The van der Waals surface area contributed by atoms with Crippen molar-refractivity contribution in [1.82, 2.24) is 0 Å². The summed E-state index contributed by atoms with van der Waals surface area (Å²) in [5.41, 5.74) is 1.000. The molecule has 2 aromatic rings. The second kappa shape index (κ2) is 7.94. The van der Waals surface area contributed by atoms with Crippen LogP contribution in [0.2, 0.25) is 10.0 Å². The van der Waals surface area contributed by atoms with Gasteiger partial charge in [0.2, 0.25) is 5.90 Å². The molecule has 0 spiro atoms. The van der Waals surface area contributed by atoms with Gasteiger partial charge in [-0.2, -0.15) is 8.78 Å². The molecule has 0 saturated carbocycles. The summed E-state index contributed by atoms with van der Waals surface area (Å²) in [5.74, 6) is -0.620. The molecule has 5 nitrogen and oxygen atoms in total. The van der Waals surface area contributed by atoms with Crippen molar-refractivity contribution in [3.63, 3.8) is 0 Å². The molecule has 0 amide bonds. The predicted octanol–water partition coefficient (Wildman–Crippen LogP) is 4.95. The van der Waals surface area contributed by atoms with Gasteiger partial charge in [0, 0.05) is 5.56 Å². The van der Waals surface area contributed by atoms with Gasteiger partial charge in [-0.1, -0.05) is 29.3 Å². The van der Waals surface area contributed by atoms with E-state index in [9.17, 15) is 13.6 Å². The van der Waals surface area contributed by atoms with Gasteiger partial charge in [-0.15, -0.1) is 0 Å². The number of ether oxygens (including phenoxy) is 3. The largest absolute Gasteiger partial charge is 0.493 e. The quantitative estimate of drug-likeness (QED) is 0.514. The highest BCUT2D eigenvalue weighted by Gasteiger charge is 2.24. The molecular weight excluding hydrogens is 403 g/mol. The van der Waals surface area contributed by atoms with Crippen molar-refractivity contribution in [2.75, 3.05) is 7.11 Å². The van der Waals surface area contributed by atoms with Gasteiger partial charge in [-0.25, -0.2) is 9.79 Å². The molecule has 1 aliphatic rings. The normalized spacial score (nSPS) is 15.1. The van der Waals surface area contributed by atoms with Crippen LogP contribution in [-0.2, 0) is 9.53 Å². The number of methoxy groups -OCH3 is 1. The van der Waals surface area contributed by atoms with Gasteiger partial charge in [0.1, 0.15) is 0 Å². The maximum Gasteiger partial charge on any atom is 0.387 e. The number of cyclic esters (lactones) is 1. The lowest BCUT2D eigenvalue weighted by Crippen LogP contribution is -2.05. The van der Waals surface area contributed by atoms with Crippen molar-refractivity contribution in [2.45, 2.75) is 6.61 Å². The fourth-order valence-corrected chi connectivity index (χ4v) is 2.59. The summed E-state index contributed by atoms with van der Waals surface area (Å²) in [6.45, 7) is -2.98. The van der Waals surface area contributed by atoms with Gasteiger partial charge < -0.3 is 14.2 Å². The number of aliphatic imine (C=N–C) groups is 1. The van der Waals surface area contributed by atoms with Crippen LogP contribution in [0.25, 0.3) is 6.08 Å². The number of hydrogen-bond acceptors (Lipinski definition) is 5. The van der Waals surface area contributed by atoms with Crippen LogP contribution in [0.4, 0.5) is 8.78 Å². The molecule has 0 unspecified atom stereocenters. The van der Waals surface area contributed by atoms with E-state index in [2.05, 4.69) is 9.73 Å². The first kappa shape index (κ1) is 19.1. The summed E-state index contributed by atoms with van der Waals surface area (Å²) in [6.07, 6.45) is 1.43. The van der Waals surface area contributed by atoms with Crippen molar-refractivity contribution >= 4 is 41.1 Å². The Balaban J connectivity index is 1.91. The van der Waals surface area contributed by atoms with Crippen molar-refractivity contribution in [3.05, 3.63) is 63.3 Å². The van der Waals surface area contributed by atoms with E-state index < -0.39 is 12.6 Å². The second-order valence-electron chi connectivity index (χ2n) is 5.25. The first-order valence-electron chi connectivity index (χ1n) is 7.48. The van der Waals surface area contributed by atoms with Crippen LogP contribution < -0.4 is 9.47 Å². The van der Waals surface area contributed by atoms with Crippen LogP contribution in [0.1, 0.15) is 11.1 Å². The van der Waals surface area contributed by atoms with E-state index in [0.29, 0.717) is 21.2 Å². The SMILES string of the molecule is COc1cc(/C=C2\N=C(c3ccc(Cl)c(Cl)c3)OC2=O)ccc1OC(F)F. The van der Waals surface area contributed by atoms with Crippen LogP contribution in [0.15, 0.2) is 47.1 Å². The third-order valence-corrected chi connectivity index (χ3v) is 4.23. The molecule has 0 fully saturated rings. The third kappa shape index (κ3) is 4.37. The van der Waals surface area contributed by atoms with Gasteiger partial charge in [0.15, 0.2) is 17.2 Å². The number of halogens is 4. The lowest BCUT2D eigenvalue weighted by atomic mass is 10.1. The number of alkyl halides is 2. The maximum atomic E-state index is 12.4. The molecule has 0 saturated heterocycles. The smallest absolute Gasteiger partial charge is 0.387 e. The maximum absolute atomic E-state index is 12.4. The Hall–Kier alpha value is -2.64. The topological polar surface area (TPSA) is 57.1 Å². The molecule has 0 N–H and O–H groups in total. The monoisotopic (exact) mass is 413 g/mol. The van der Waals surface area contributed by atoms with Gasteiger partial charge in [0.05, 0.1) is 17.2 Å². The summed E-state index contributed by atoms with van der Waals surface area (Å²) < 4.78 is 39.3. The summed E-state index contributed by atoms with van der Waals surface area (Å²) in [7, 11) is 1.31. The standard InChI is InChI=1S/C18H11Cl2F2NO4/c1-25-15-7-9(2-5-14(15)26-18(21)22)6-13-17(24)27-16(23-13)10-3-4-11(19)12(20)8-10/h2-8,18H,1H3/b13-6-. The number of nitrogens with zero attached hydrogens (tertiary/aromatic N) is 1. The van der Waals surface area contributed by atoms with Gasteiger partial charge >= 0.3 is 12.6 Å². The number of carbonyl (C=O) groups is 1. The van der Waals surface area contributed by atoms with E-state index in [1.54, 1.807) is 12.1 Å². The Morgan fingerprint density at radius 1 is 1.11 bits per heavy atom. The Labute approximate surface area is 162 Å². The minimum atomic E-state index is -2.98. The van der Waals surface area contributed by atoms with Crippen molar-refractivity contribution in [3.8, 4) is 11.5 Å². The van der Waals surface area contributed by atoms with Crippen LogP contribution >= 0.6 is 23.2 Å². The summed E-state index contributed by atoms with van der Waals surface area (Å²) >= 11 is 11.8.